The molecular weight excluding hydrogens is 376 g/mol. The van der Waals surface area contributed by atoms with Gasteiger partial charge in [0.25, 0.3) is 5.69 Å². The van der Waals surface area contributed by atoms with Gasteiger partial charge in [-0.2, -0.15) is 4.31 Å². The van der Waals surface area contributed by atoms with Crippen molar-refractivity contribution in [2.24, 2.45) is 5.92 Å². The molecule has 0 amide bonds. The van der Waals surface area contributed by atoms with Gasteiger partial charge >= 0.3 is 0 Å². The Labute approximate surface area is 157 Å². The van der Waals surface area contributed by atoms with Crippen LogP contribution in [0.2, 0.25) is 0 Å². The quantitative estimate of drug-likeness (QED) is 0.441. The van der Waals surface area contributed by atoms with Gasteiger partial charge in [-0.25, -0.2) is 8.42 Å². The summed E-state index contributed by atoms with van der Waals surface area (Å²) in [4.78, 5) is 10.6. The number of aryl methyl sites for hydroxylation is 1. The second-order valence-corrected chi connectivity index (χ2v) is 8.75. The van der Waals surface area contributed by atoms with E-state index in [0.29, 0.717) is 19.0 Å². The van der Waals surface area contributed by atoms with Crippen molar-refractivity contribution in [1.82, 2.24) is 4.31 Å². The Hall–Kier alpha value is -1.96. The minimum absolute atomic E-state index is 0.0123. The zero-order chi connectivity index (χ0) is 18.9. The van der Waals surface area contributed by atoms with Gasteiger partial charge in [-0.15, -0.1) is 11.6 Å². The highest BCUT2D eigenvalue weighted by Crippen LogP contribution is 2.36. The minimum atomic E-state index is -3.59. The molecule has 138 valence electrons. The molecule has 2 aromatic carbocycles. The van der Waals surface area contributed by atoms with E-state index in [-0.39, 0.29) is 22.4 Å². The zero-order valence-electron chi connectivity index (χ0n) is 14.2. The maximum absolute atomic E-state index is 12.9. The van der Waals surface area contributed by atoms with Crippen molar-refractivity contribution in [2.75, 3.05) is 19.0 Å². The Morgan fingerprint density at radius 3 is 2.27 bits per heavy atom. The van der Waals surface area contributed by atoms with Gasteiger partial charge in [0, 0.05) is 37.0 Å². The Balaban J connectivity index is 1.86. The van der Waals surface area contributed by atoms with Gasteiger partial charge in [0.15, 0.2) is 0 Å². The van der Waals surface area contributed by atoms with E-state index in [1.165, 1.54) is 16.4 Å². The summed E-state index contributed by atoms with van der Waals surface area (Å²) in [5.74, 6) is 0.188. The summed E-state index contributed by atoms with van der Waals surface area (Å²) in [6.45, 7) is 2.55. The normalized spacial score (nSPS) is 21.0. The van der Waals surface area contributed by atoms with Crippen LogP contribution in [0.15, 0.2) is 53.4 Å². The Bertz CT molecular complexity index is 898. The van der Waals surface area contributed by atoms with E-state index < -0.39 is 14.9 Å². The Morgan fingerprint density at radius 2 is 1.73 bits per heavy atom. The van der Waals surface area contributed by atoms with Gasteiger partial charge in [0.2, 0.25) is 10.0 Å². The number of non-ortho nitro benzene ring substituents is 1. The van der Waals surface area contributed by atoms with E-state index in [0.717, 1.165) is 11.1 Å². The number of hydrogen-bond donors (Lipinski definition) is 0. The lowest BCUT2D eigenvalue weighted by molar-refractivity contribution is -0.384. The number of sulfonamides is 1. The van der Waals surface area contributed by atoms with Crippen molar-refractivity contribution < 1.29 is 13.3 Å². The molecule has 0 saturated carbocycles. The van der Waals surface area contributed by atoms with Crippen molar-refractivity contribution in [1.29, 1.82) is 0 Å². The summed E-state index contributed by atoms with van der Waals surface area (Å²) in [6.07, 6.45) is 0. The van der Waals surface area contributed by atoms with E-state index in [4.69, 9.17) is 11.6 Å². The largest absolute Gasteiger partial charge is 0.269 e. The Kier molecular flexibility index (Phi) is 5.32. The van der Waals surface area contributed by atoms with Gasteiger partial charge in [-0.3, -0.25) is 10.1 Å². The van der Waals surface area contributed by atoms with Crippen molar-refractivity contribution in [3.63, 3.8) is 0 Å². The number of nitro groups is 1. The summed E-state index contributed by atoms with van der Waals surface area (Å²) in [5.41, 5.74) is 1.87. The SMILES string of the molecule is Cc1ccc(S(=O)(=O)N2C[C@@H](CCl)[C@H](c3ccc([N+](=O)[O-])cc3)C2)cc1. The first-order valence-corrected chi connectivity index (χ1v) is 10.2. The molecule has 26 heavy (non-hydrogen) atoms. The van der Waals surface area contributed by atoms with Crippen LogP contribution < -0.4 is 0 Å². The second kappa shape index (κ2) is 7.34. The van der Waals surface area contributed by atoms with Crippen molar-refractivity contribution in [3.05, 3.63) is 69.8 Å². The molecule has 0 unspecified atom stereocenters. The number of halogens is 1. The molecule has 6 nitrogen and oxygen atoms in total. The average molecular weight is 395 g/mol. The van der Waals surface area contributed by atoms with Gasteiger partial charge < -0.3 is 0 Å². The molecular formula is C18H19ClN2O4S. The van der Waals surface area contributed by atoms with Crippen molar-refractivity contribution in [2.45, 2.75) is 17.7 Å². The van der Waals surface area contributed by atoms with Crippen molar-refractivity contribution in [3.8, 4) is 0 Å². The fraction of sp³-hybridized carbons (Fsp3) is 0.333. The third kappa shape index (κ3) is 3.60. The van der Waals surface area contributed by atoms with E-state index in [1.807, 2.05) is 6.92 Å². The molecule has 1 heterocycles. The first-order chi connectivity index (χ1) is 12.3. The molecule has 1 aliphatic rings. The molecule has 0 N–H and O–H groups in total. The molecule has 3 rings (SSSR count). The summed E-state index contributed by atoms with van der Waals surface area (Å²) in [6, 6.07) is 13.0. The van der Waals surface area contributed by atoms with Crippen LogP contribution in [-0.4, -0.2) is 36.6 Å². The lowest BCUT2D eigenvalue weighted by Gasteiger charge is -2.17. The maximum atomic E-state index is 12.9. The standard InChI is InChI=1S/C18H19ClN2O4S/c1-13-2-8-17(9-3-13)26(24,25)20-11-15(10-19)18(12-20)14-4-6-16(7-5-14)21(22)23/h2-9,15,18H,10-12H2,1H3/t15-,18+/m1/s1. The fourth-order valence-electron chi connectivity index (χ4n) is 3.26. The zero-order valence-corrected chi connectivity index (χ0v) is 15.8. The van der Waals surface area contributed by atoms with Gasteiger partial charge in [-0.1, -0.05) is 29.8 Å². The summed E-state index contributed by atoms with van der Waals surface area (Å²) in [7, 11) is -3.59. The number of hydrogen-bond acceptors (Lipinski definition) is 4. The van der Waals surface area contributed by atoms with Crippen LogP contribution in [-0.2, 0) is 10.0 Å². The number of rotatable bonds is 5. The lowest BCUT2D eigenvalue weighted by atomic mass is 9.90. The molecule has 8 heteroatoms. The fourth-order valence-corrected chi connectivity index (χ4v) is 5.10. The molecule has 1 fully saturated rings. The smallest absolute Gasteiger partial charge is 0.258 e. The van der Waals surface area contributed by atoms with Crippen LogP contribution in [0.5, 0.6) is 0 Å². The maximum Gasteiger partial charge on any atom is 0.269 e. The van der Waals surface area contributed by atoms with Crippen LogP contribution in [0.25, 0.3) is 0 Å². The molecule has 0 aromatic heterocycles. The molecule has 0 bridgehead atoms. The first-order valence-electron chi connectivity index (χ1n) is 8.20. The molecule has 1 saturated heterocycles. The molecule has 0 radical (unpaired) electrons. The number of nitrogens with zero attached hydrogens (tertiary/aromatic N) is 2. The lowest BCUT2D eigenvalue weighted by Crippen LogP contribution is -2.29. The molecule has 0 spiro atoms. The summed E-state index contributed by atoms with van der Waals surface area (Å²) in [5, 5.41) is 10.8. The van der Waals surface area contributed by atoms with Crippen LogP contribution in [0, 0.1) is 23.0 Å². The van der Waals surface area contributed by atoms with Crippen LogP contribution in [0.4, 0.5) is 5.69 Å². The Morgan fingerprint density at radius 1 is 1.12 bits per heavy atom. The predicted octanol–water partition coefficient (Wildman–Crippen LogP) is 3.55. The van der Waals surface area contributed by atoms with Crippen molar-refractivity contribution >= 4 is 27.3 Å². The highest BCUT2D eigenvalue weighted by Gasteiger charge is 2.39. The van der Waals surface area contributed by atoms with Crippen LogP contribution >= 0.6 is 11.6 Å². The highest BCUT2D eigenvalue weighted by molar-refractivity contribution is 7.89. The monoisotopic (exact) mass is 394 g/mol. The minimum Gasteiger partial charge on any atom is -0.258 e. The third-order valence-corrected chi connectivity index (χ3v) is 7.04. The van der Waals surface area contributed by atoms with Crippen LogP contribution in [0.1, 0.15) is 17.0 Å². The molecule has 2 aromatic rings. The highest BCUT2D eigenvalue weighted by atomic mass is 35.5. The van der Waals surface area contributed by atoms with Gasteiger partial charge in [0.05, 0.1) is 9.82 Å². The molecule has 0 aliphatic carbocycles. The summed E-state index contributed by atoms with van der Waals surface area (Å²) < 4.78 is 27.3. The first kappa shape index (κ1) is 18.8. The van der Waals surface area contributed by atoms with E-state index >= 15 is 0 Å². The van der Waals surface area contributed by atoms with Crippen LogP contribution in [0.3, 0.4) is 0 Å². The topological polar surface area (TPSA) is 80.5 Å². The second-order valence-electron chi connectivity index (χ2n) is 6.50. The van der Waals surface area contributed by atoms with Gasteiger partial charge in [-0.05, 0) is 30.5 Å². The third-order valence-electron chi connectivity index (χ3n) is 4.80. The molecule has 2 atom stereocenters. The summed E-state index contributed by atoms with van der Waals surface area (Å²) >= 11 is 6.09. The predicted molar refractivity (Wildman–Crippen MR) is 100.0 cm³/mol. The van der Waals surface area contributed by atoms with E-state index in [1.54, 1.807) is 36.4 Å². The average Bonchev–Trinajstić information content (AvgIpc) is 3.07. The molecule has 1 aliphatic heterocycles. The van der Waals surface area contributed by atoms with Gasteiger partial charge in [0.1, 0.15) is 0 Å². The number of nitro benzene ring substituents is 1. The van der Waals surface area contributed by atoms with E-state index in [2.05, 4.69) is 0 Å². The number of benzene rings is 2. The van der Waals surface area contributed by atoms with E-state index in [9.17, 15) is 18.5 Å². The number of alkyl halides is 1.